The Hall–Kier alpha value is -2.31. The lowest BCUT2D eigenvalue weighted by Crippen LogP contribution is -2.48. The normalized spacial score (nSPS) is 18.3. The minimum atomic E-state index is -1.36. The summed E-state index contributed by atoms with van der Waals surface area (Å²) in [4.78, 5) is 22.7. The second-order valence-electron chi connectivity index (χ2n) is 4.04. The van der Waals surface area contributed by atoms with E-state index in [2.05, 4.69) is 0 Å². The van der Waals surface area contributed by atoms with E-state index in [1.807, 2.05) is 0 Å². The molecule has 6 nitrogen and oxygen atoms in total. The molecule has 1 heterocycles. The van der Waals surface area contributed by atoms with Crippen molar-refractivity contribution in [2.75, 3.05) is 0 Å². The lowest BCUT2D eigenvalue weighted by molar-refractivity contribution is -0.143. The predicted molar refractivity (Wildman–Crippen MR) is 56.8 cm³/mol. The van der Waals surface area contributed by atoms with Gasteiger partial charge < -0.3 is 15.3 Å². The van der Waals surface area contributed by atoms with Gasteiger partial charge in [-0.15, -0.1) is 0 Å². The van der Waals surface area contributed by atoms with Gasteiger partial charge in [0.15, 0.2) is 11.6 Å². The zero-order valence-corrected chi connectivity index (χ0v) is 9.13. The summed E-state index contributed by atoms with van der Waals surface area (Å²) in [6, 6.07) is 0.928. The lowest BCUT2D eigenvalue weighted by atomic mass is 9.94. The molecule has 2 rings (SSSR count). The third kappa shape index (κ3) is 1.94. The summed E-state index contributed by atoms with van der Waals surface area (Å²) in [6.07, 6.45) is -1.48. The fraction of sp³-hybridized carbons (Fsp3) is 0.273. The second-order valence-corrected chi connectivity index (χ2v) is 4.04. The molecule has 0 saturated carbocycles. The Bertz CT molecular complexity index is 483. The Labute approximate surface area is 101 Å². The van der Waals surface area contributed by atoms with Gasteiger partial charge in [-0.1, -0.05) is 0 Å². The van der Waals surface area contributed by atoms with E-state index >= 15 is 0 Å². The van der Waals surface area contributed by atoms with E-state index in [1.54, 1.807) is 0 Å². The molecule has 0 fully saturated rings. The van der Waals surface area contributed by atoms with E-state index < -0.39 is 29.7 Å². The van der Waals surface area contributed by atoms with Gasteiger partial charge in [0, 0.05) is 6.42 Å². The van der Waals surface area contributed by atoms with Gasteiger partial charge in [0.05, 0.1) is 6.54 Å². The Balaban J connectivity index is 2.44. The van der Waals surface area contributed by atoms with Crippen LogP contribution in [0.15, 0.2) is 12.1 Å². The summed E-state index contributed by atoms with van der Waals surface area (Å²) >= 11 is 0. The number of phenols is 1. The van der Waals surface area contributed by atoms with Gasteiger partial charge in [-0.3, -0.25) is 4.90 Å². The van der Waals surface area contributed by atoms with Crippen LogP contribution in [0.2, 0.25) is 0 Å². The Morgan fingerprint density at radius 2 is 1.94 bits per heavy atom. The number of carbonyl (C=O) groups is 2. The fourth-order valence-electron chi connectivity index (χ4n) is 2.02. The first-order valence-corrected chi connectivity index (χ1v) is 5.12. The zero-order chi connectivity index (χ0) is 13.4. The minimum absolute atomic E-state index is 0.117. The molecule has 3 N–H and O–H groups in total. The number of hydrogen-bond donors (Lipinski definition) is 3. The van der Waals surface area contributed by atoms with Gasteiger partial charge in [-0.25, -0.2) is 14.0 Å². The number of benzene rings is 1. The predicted octanol–water partition coefficient (Wildman–Crippen LogP) is 1.02. The first kappa shape index (κ1) is 12.2. The third-order valence-corrected chi connectivity index (χ3v) is 2.93. The molecular weight excluding hydrogens is 245 g/mol. The number of aliphatic carboxylic acids is 1. The maximum Gasteiger partial charge on any atom is 0.408 e. The molecule has 0 saturated heterocycles. The molecule has 0 bridgehead atoms. The summed E-state index contributed by atoms with van der Waals surface area (Å²) in [5.41, 5.74) is 0.809. The van der Waals surface area contributed by atoms with Crippen molar-refractivity contribution in [3.63, 3.8) is 0 Å². The maximum atomic E-state index is 13.2. The van der Waals surface area contributed by atoms with Crippen molar-refractivity contribution in [1.29, 1.82) is 0 Å². The molecule has 18 heavy (non-hydrogen) atoms. The molecule has 0 unspecified atom stereocenters. The largest absolute Gasteiger partial charge is 0.505 e. The van der Waals surface area contributed by atoms with Crippen LogP contribution in [-0.4, -0.2) is 38.3 Å². The molecule has 0 spiro atoms. The molecule has 1 amide bonds. The van der Waals surface area contributed by atoms with Gasteiger partial charge in [0.1, 0.15) is 6.04 Å². The number of amides is 1. The summed E-state index contributed by atoms with van der Waals surface area (Å²) in [7, 11) is 0. The molecule has 0 aromatic heterocycles. The molecule has 96 valence electrons. The van der Waals surface area contributed by atoms with Crippen LogP contribution in [0.25, 0.3) is 0 Å². The van der Waals surface area contributed by atoms with E-state index in [-0.39, 0.29) is 13.0 Å². The minimum Gasteiger partial charge on any atom is -0.505 e. The van der Waals surface area contributed by atoms with Crippen LogP contribution in [0.5, 0.6) is 5.75 Å². The quantitative estimate of drug-likeness (QED) is 0.696. The molecule has 0 aliphatic carbocycles. The first-order valence-electron chi connectivity index (χ1n) is 5.12. The third-order valence-electron chi connectivity index (χ3n) is 2.93. The van der Waals surface area contributed by atoms with E-state index in [0.29, 0.717) is 11.1 Å². The van der Waals surface area contributed by atoms with E-state index in [0.717, 1.165) is 17.0 Å². The number of aromatic hydroxyl groups is 1. The van der Waals surface area contributed by atoms with Crippen LogP contribution in [0.1, 0.15) is 11.1 Å². The molecule has 1 aromatic rings. The standard InChI is InChI=1S/C11H10FNO5/c12-7-1-5-2-8(10(15)16)13(11(17)18)4-6(5)3-9(7)14/h1,3,8,14H,2,4H2,(H,15,16)(H,17,18)/t8-/m0/s1. The molecule has 1 aromatic carbocycles. The van der Waals surface area contributed by atoms with Gasteiger partial charge in [-0.05, 0) is 23.3 Å². The number of carboxylic acid groups (broad SMARTS) is 2. The van der Waals surface area contributed by atoms with Crippen LogP contribution < -0.4 is 0 Å². The van der Waals surface area contributed by atoms with Crippen LogP contribution in [0.3, 0.4) is 0 Å². The Morgan fingerprint density at radius 3 is 2.50 bits per heavy atom. The van der Waals surface area contributed by atoms with Gasteiger partial charge in [0.2, 0.25) is 0 Å². The van der Waals surface area contributed by atoms with E-state index in [9.17, 15) is 19.1 Å². The summed E-state index contributed by atoms with van der Waals surface area (Å²) in [6.45, 7) is -0.185. The average Bonchev–Trinajstić information content (AvgIpc) is 2.28. The molecule has 1 aliphatic rings. The summed E-state index contributed by atoms with van der Waals surface area (Å²) in [5, 5.41) is 27.1. The van der Waals surface area contributed by atoms with Crippen molar-refractivity contribution in [1.82, 2.24) is 4.90 Å². The number of hydrogen-bond acceptors (Lipinski definition) is 3. The zero-order valence-electron chi connectivity index (χ0n) is 9.13. The highest BCUT2D eigenvalue weighted by Gasteiger charge is 2.35. The molecule has 7 heteroatoms. The van der Waals surface area contributed by atoms with Crippen LogP contribution in [0.4, 0.5) is 9.18 Å². The van der Waals surface area contributed by atoms with E-state index in [1.165, 1.54) is 0 Å². The van der Waals surface area contributed by atoms with Crippen LogP contribution in [0, 0.1) is 5.82 Å². The molecule has 0 radical (unpaired) electrons. The maximum absolute atomic E-state index is 13.2. The number of fused-ring (bicyclic) bond motifs is 1. The molecule has 1 atom stereocenters. The number of phenolic OH excluding ortho intramolecular Hbond substituents is 1. The number of rotatable bonds is 1. The number of halogens is 1. The van der Waals surface area contributed by atoms with Crippen molar-refractivity contribution < 1.29 is 29.3 Å². The number of carboxylic acids is 1. The highest BCUT2D eigenvalue weighted by atomic mass is 19.1. The van der Waals surface area contributed by atoms with Crippen molar-refractivity contribution in [2.24, 2.45) is 0 Å². The SMILES string of the molecule is O=C(O)[C@@H]1Cc2cc(F)c(O)cc2CN1C(=O)O. The smallest absolute Gasteiger partial charge is 0.408 e. The van der Waals surface area contributed by atoms with Crippen molar-refractivity contribution >= 4 is 12.1 Å². The molecular formula is C11H10FNO5. The summed E-state index contributed by atoms with van der Waals surface area (Å²) < 4.78 is 13.2. The topological polar surface area (TPSA) is 98.1 Å². The lowest BCUT2D eigenvalue weighted by Gasteiger charge is -2.32. The fourth-order valence-corrected chi connectivity index (χ4v) is 2.02. The highest BCUT2D eigenvalue weighted by molar-refractivity contribution is 5.80. The Kier molecular flexibility index (Phi) is 2.82. The first-order chi connectivity index (χ1) is 8.40. The number of nitrogens with zero attached hydrogens (tertiary/aromatic N) is 1. The monoisotopic (exact) mass is 255 g/mol. The van der Waals surface area contributed by atoms with Gasteiger partial charge >= 0.3 is 12.1 Å². The van der Waals surface area contributed by atoms with Crippen molar-refractivity contribution in [2.45, 2.75) is 19.0 Å². The van der Waals surface area contributed by atoms with Crippen LogP contribution in [-0.2, 0) is 17.8 Å². The summed E-state index contributed by atoms with van der Waals surface area (Å²) in [5.74, 6) is -2.70. The van der Waals surface area contributed by atoms with E-state index in [4.69, 9.17) is 10.2 Å². The average molecular weight is 255 g/mol. The van der Waals surface area contributed by atoms with Gasteiger partial charge in [0.25, 0.3) is 0 Å². The van der Waals surface area contributed by atoms with Crippen molar-refractivity contribution in [3.8, 4) is 5.75 Å². The van der Waals surface area contributed by atoms with Gasteiger partial charge in [-0.2, -0.15) is 0 Å². The molecule has 1 aliphatic heterocycles. The second kappa shape index (κ2) is 4.17. The Morgan fingerprint density at radius 1 is 1.28 bits per heavy atom. The highest BCUT2D eigenvalue weighted by Crippen LogP contribution is 2.28. The van der Waals surface area contributed by atoms with Crippen LogP contribution >= 0.6 is 0 Å². The van der Waals surface area contributed by atoms with Crippen molar-refractivity contribution in [3.05, 3.63) is 29.1 Å².